The number of hydrogen-bond donors (Lipinski definition) is 1. The summed E-state index contributed by atoms with van der Waals surface area (Å²) >= 11 is 0. The summed E-state index contributed by atoms with van der Waals surface area (Å²) in [6, 6.07) is 7.29. The van der Waals surface area contributed by atoms with Crippen molar-refractivity contribution in [1.82, 2.24) is 0 Å². The molecule has 1 aromatic carbocycles. The minimum absolute atomic E-state index is 0.489. The average molecular weight is 238 g/mol. The van der Waals surface area contributed by atoms with Gasteiger partial charge < -0.3 is 14.6 Å². The van der Waals surface area contributed by atoms with E-state index in [1.165, 1.54) is 0 Å². The van der Waals surface area contributed by atoms with E-state index in [2.05, 4.69) is 0 Å². The predicted molar refractivity (Wildman–Crippen MR) is 64.1 cm³/mol. The Morgan fingerprint density at radius 2 is 2.24 bits per heavy atom. The van der Waals surface area contributed by atoms with Crippen LogP contribution in [0.1, 0.15) is 25.3 Å². The monoisotopic (exact) mass is 238 g/mol. The Hall–Kier alpha value is -1.55. The number of carbonyl (C=O) groups is 1. The number of rotatable bonds is 7. The van der Waals surface area contributed by atoms with E-state index in [0.717, 1.165) is 12.0 Å². The van der Waals surface area contributed by atoms with E-state index >= 15 is 0 Å². The van der Waals surface area contributed by atoms with Gasteiger partial charge in [0.1, 0.15) is 5.75 Å². The molecule has 0 spiro atoms. The third-order valence-corrected chi connectivity index (χ3v) is 2.31. The van der Waals surface area contributed by atoms with Gasteiger partial charge in [-0.05, 0) is 24.1 Å². The number of carboxylic acid groups (broad SMARTS) is 1. The lowest BCUT2D eigenvalue weighted by Gasteiger charge is -2.14. The fraction of sp³-hybridized carbons (Fsp3) is 0.462. The van der Waals surface area contributed by atoms with Crippen molar-refractivity contribution in [3.05, 3.63) is 29.8 Å². The van der Waals surface area contributed by atoms with Crippen LogP contribution in [0.25, 0.3) is 0 Å². The van der Waals surface area contributed by atoms with Gasteiger partial charge in [-0.2, -0.15) is 0 Å². The summed E-state index contributed by atoms with van der Waals surface area (Å²) in [4.78, 5) is 11.0. The molecule has 0 aliphatic rings. The fourth-order valence-corrected chi connectivity index (χ4v) is 1.53. The van der Waals surface area contributed by atoms with E-state index < -0.39 is 12.1 Å². The number of benzene rings is 1. The highest BCUT2D eigenvalue weighted by Gasteiger charge is 2.18. The van der Waals surface area contributed by atoms with Crippen molar-refractivity contribution in [2.24, 2.45) is 0 Å². The Morgan fingerprint density at radius 3 is 2.82 bits per heavy atom. The maximum atomic E-state index is 11.0. The molecule has 1 atom stereocenters. The van der Waals surface area contributed by atoms with Gasteiger partial charge in [0.15, 0.2) is 6.10 Å². The Labute approximate surface area is 101 Å². The molecule has 0 bridgehead atoms. The smallest absolute Gasteiger partial charge is 0.344 e. The topological polar surface area (TPSA) is 55.8 Å². The molecule has 4 heteroatoms. The largest absolute Gasteiger partial charge is 0.479 e. The molecule has 1 rings (SSSR count). The number of aliphatic carboxylic acids is 1. The molecule has 4 nitrogen and oxygen atoms in total. The first kappa shape index (κ1) is 13.5. The lowest BCUT2D eigenvalue weighted by atomic mass is 10.2. The second kappa shape index (κ2) is 6.91. The molecule has 0 saturated carbocycles. The van der Waals surface area contributed by atoms with Gasteiger partial charge in [0.25, 0.3) is 0 Å². The van der Waals surface area contributed by atoms with E-state index in [-0.39, 0.29) is 0 Å². The Balaban J connectivity index is 2.71. The van der Waals surface area contributed by atoms with Crippen molar-refractivity contribution in [3.8, 4) is 5.75 Å². The molecule has 0 aliphatic heterocycles. The van der Waals surface area contributed by atoms with Crippen LogP contribution >= 0.6 is 0 Å². The summed E-state index contributed by atoms with van der Waals surface area (Å²) in [5.41, 5.74) is 0.964. The molecule has 1 unspecified atom stereocenters. The maximum absolute atomic E-state index is 11.0. The summed E-state index contributed by atoms with van der Waals surface area (Å²) < 4.78 is 10.5. The van der Waals surface area contributed by atoms with Crippen LogP contribution in [0.4, 0.5) is 0 Å². The molecule has 0 aromatic heterocycles. The van der Waals surface area contributed by atoms with Crippen LogP contribution in [0.5, 0.6) is 5.75 Å². The van der Waals surface area contributed by atoms with Crippen LogP contribution in [0.15, 0.2) is 24.3 Å². The SMILES string of the molecule is CCCC(Oc1cccc(COC)c1)C(=O)O. The zero-order chi connectivity index (χ0) is 12.7. The van der Waals surface area contributed by atoms with Crippen LogP contribution in [-0.2, 0) is 16.1 Å². The van der Waals surface area contributed by atoms with Gasteiger partial charge in [0, 0.05) is 7.11 Å². The van der Waals surface area contributed by atoms with Crippen LogP contribution < -0.4 is 4.74 Å². The first-order chi connectivity index (χ1) is 8.17. The summed E-state index contributed by atoms with van der Waals surface area (Å²) in [6.07, 6.45) is 0.497. The van der Waals surface area contributed by atoms with Gasteiger partial charge >= 0.3 is 5.97 Å². The zero-order valence-corrected chi connectivity index (χ0v) is 10.2. The molecule has 0 amide bonds. The van der Waals surface area contributed by atoms with E-state index in [1.54, 1.807) is 19.2 Å². The van der Waals surface area contributed by atoms with Gasteiger partial charge in [-0.15, -0.1) is 0 Å². The number of carboxylic acids is 1. The summed E-state index contributed by atoms with van der Waals surface area (Å²) in [7, 11) is 1.62. The van der Waals surface area contributed by atoms with Crippen molar-refractivity contribution < 1.29 is 19.4 Å². The number of methoxy groups -OCH3 is 1. The Morgan fingerprint density at radius 1 is 1.47 bits per heavy atom. The molecule has 0 aliphatic carbocycles. The van der Waals surface area contributed by atoms with Gasteiger partial charge in [0.2, 0.25) is 0 Å². The molecule has 1 aromatic rings. The molecule has 0 radical (unpaired) electrons. The van der Waals surface area contributed by atoms with Crippen LogP contribution in [0.3, 0.4) is 0 Å². The standard InChI is InChI=1S/C13H18O4/c1-3-5-12(13(14)15)17-11-7-4-6-10(8-11)9-16-2/h4,6-8,12H,3,5,9H2,1-2H3,(H,14,15). The highest BCUT2D eigenvalue weighted by Crippen LogP contribution is 2.17. The Kier molecular flexibility index (Phi) is 5.49. The fourth-order valence-electron chi connectivity index (χ4n) is 1.53. The van der Waals surface area contributed by atoms with Crippen LogP contribution in [-0.4, -0.2) is 24.3 Å². The third kappa shape index (κ3) is 4.44. The summed E-state index contributed by atoms with van der Waals surface area (Å²) in [6.45, 7) is 2.42. The minimum atomic E-state index is -0.927. The van der Waals surface area contributed by atoms with Crippen molar-refractivity contribution in [2.75, 3.05) is 7.11 Å². The third-order valence-electron chi connectivity index (χ3n) is 2.31. The lowest BCUT2D eigenvalue weighted by Crippen LogP contribution is -2.26. The van der Waals surface area contributed by atoms with E-state index in [0.29, 0.717) is 18.8 Å². The highest BCUT2D eigenvalue weighted by atomic mass is 16.5. The first-order valence-electron chi connectivity index (χ1n) is 5.64. The second-order valence-electron chi connectivity index (χ2n) is 3.81. The molecule has 0 saturated heterocycles. The zero-order valence-electron chi connectivity index (χ0n) is 10.2. The molecular weight excluding hydrogens is 220 g/mol. The van der Waals surface area contributed by atoms with E-state index in [1.807, 2.05) is 19.1 Å². The molecule has 17 heavy (non-hydrogen) atoms. The number of ether oxygens (including phenoxy) is 2. The van der Waals surface area contributed by atoms with Gasteiger partial charge in [0.05, 0.1) is 6.61 Å². The van der Waals surface area contributed by atoms with Gasteiger partial charge in [-0.3, -0.25) is 0 Å². The quantitative estimate of drug-likeness (QED) is 0.792. The van der Waals surface area contributed by atoms with Crippen molar-refractivity contribution >= 4 is 5.97 Å². The molecule has 1 N–H and O–H groups in total. The molecule has 94 valence electrons. The predicted octanol–water partition coefficient (Wildman–Crippen LogP) is 2.47. The van der Waals surface area contributed by atoms with Crippen LogP contribution in [0, 0.1) is 0 Å². The highest BCUT2D eigenvalue weighted by molar-refractivity contribution is 5.72. The first-order valence-corrected chi connectivity index (χ1v) is 5.64. The van der Waals surface area contributed by atoms with Crippen molar-refractivity contribution in [2.45, 2.75) is 32.5 Å². The maximum Gasteiger partial charge on any atom is 0.344 e. The van der Waals surface area contributed by atoms with Crippen LogP contribution in [0.2, 0.25) is 0 Å². The summed E-state index contributed by atoms with van der Waals surface area (Å²) in [5.74, 6) is -0.357. The lowest BCUT2D eigenvalue weighted by molar-refractivity contribution is -0.145. The summed E-state index contributed by atoms with van der Waals surface area (Å²) in [5, 5.41) is 8.99. The van der Waals surface area contributed by atoms with E-state index in [4.69, 9.17) is 14.6 Å². The number of hydrogen-bond acceptors (Lipinski definition) is 3. The van der Waals surface area contributed by atoms with E-state index in [9.17, 15) is 4.79 Å². The van der Waals surface area contributed by atoms with Crippen molar-refractivity contribution in [3.63, 3.8) is 0 Å². The normalized spacial score (nSPS) is 12.1. The van der Waals surface area contributed by atoms with Gasteiger partial charge in [-0.25, -0.2) is 4.79 Å². The average Bonchev–Trinajstić information content (AvgIpc) is 2.29. The molecule has 0 heterocycles. The second-order valence-corrected chi connectivity index (χ2v) is 3.81. The van der Waals surface area contributed by atoms with Gasteiger partial charge in [-0.1, -0.05) is 25.5 Å². The Bertz CT molecular complexity index is 362. The minimum Gasteiger partial charge on any atom is -0.479 e. The van der Waals surface area contributed by atoms with Crippen molar-refractivity contribution in [1.29, 1.82) is 0 Å². The molecule has 0 fully saturated rings. The molecular formula is C13H18O4.